The number of pyridine rings is 2. The van der Waals surface area contributed by atoms with Crippen LogP contribution in [-0.2, 0) is 0 Å². The lowest BCUT2D eigenvalue weighted by molar-refractivity contribution is 0.257. The number of carbonyl (C=O) groups is 1. The number of benzene rings is 1. The third-order valence-electron chi connectivity index (χ3n) is 3.71. The summed E-state index contributed by atoms with van der Waals surface area (Å²) in [5.74, 6) is 0.974. The second-order valence-corrected chi connectivity index (χ2v) is 5.61. The number of rotatable bonds is 3. The van der Waals surface area contributed by atoms with Crippen LogP contribution >= 0.6 is 0 Å². The van der Waals surface area contributed by atoms with E-state index in [1.807, 2.05) is 6.07 Å². The fourth-order valence-corrected chi connectivity index (χ4v) is 2.68. The van der Waals surface area contributed by atoms with Gasteiger partial charge in [-0.15, -0.1) is 0 Å². The molecule has 2 amide bonds. The SMILES string of the molecule is O=C([NH][Al])Nc1ccc(Oc2ccnc3[nH]c(=O)[nH]c23)c2cccnc12. The minimum absolute atomic E-state index is 0.363. The van der Waals surface area contributed by atoms with E-state index in [1.54, 1.807) is 36.7 Å². The van der Waals surface area contributed by atoms with Crippen molar-refractivity contribution in [1.29, 1.82) is 0 Å². The second kappa shape index (κ2) is 6.51. The van der Waals surface area contributed by atoms with Crippen LogP contribution in [0.25, 0.3) is 22.1 Å². The van der Waals surface area contributed by atoms with Crippen LogP contribution < -0.4 is 20.0 Å². The molecule has 9 nitrogen and oxygen atoms in total. The molecule has 1 aromatic carbocycles. The Morgan fingerprint density at radius 1 is 1.08 bits per heavy atom. The Morgan fingerprint density at radius 2 is 1.96 bits per heavy atom. The molecular formula is C16H11AlN6O3. The number of imidazole rings is 1. The van der Waals surface area contributed by atoms with Crippen molar-refractivity contribution in [2.75, 3.05) is 5.32 Å². The zero-order valence-corrected chi connectivity index (χ0v) is 14.4. The minimum atomic E-state index is -0.378. The zero-order chi connectivity index (χ0) is 18.1. The Hall–Kier alpha value is -3.35. The van der Waals surface area contributed by atoms with Crippen molar-refractivity contribution in [2.45, 2.75) is 0 Å². The number of aromatic amines is 2. The first-order valence-corrected chi connectivity index (χ1v) is 8.13. The quantitative estimate of drug-likeness (QED) is 0.414. The molecule has 4 rings (SSSR count). The lowest BCUT2D eigenvalue weighted by atomic mass is 10.1. The van der Waals surface area contributed by atoms with Crippen LogP contribution in [0, 0.1) is 0 Å². The Morgan fingerprint density at radius 3 is 2.81 bits per heavy atom. The number of hydrogen-bond acceptors (Lipinski definition) is 5. The molecule has 126 valence electrons. The van der Waals surface area contributed by atoms with Gasteiger partial charge in [0, 0.05) is 23.8 Å². The fourth-order valence-electron chi connectivity index (χ4n) is 2.61. The lowest BCUT2D eigenvalue weighted by Crippen LogP contribution is -2.26. The number of ether oxygens (including phenoxy) is 1. The maximum atomic E-state index is 11.6. The average molecular weight is 362 g/mol. The predicted octanol–water partition coefficient (Wildman–Crippen LogP) is 1.80. The highest BCUT2D eigenvalue weighted by molar-refractivity contribution is 6.17. The van der Waals surface area contributed by atoms with Gasteiger partial charge >= 0.3 is 22.2 Å². The first-order valence-electron chi connectivity index (χ1n) is 7.56. The third kappa shape index (κ3) is 2.88. The minimum Gasteiger partial charge on any atom is -0.454 e. The van der Waals surface area contributed by atoms with Gasteiger partial charge in [-0.2, -0.15) is 0 Å². The molecule has 3 aromatic heterocycles. The van der Waals surface area contributed by atoms with Crippen molar-refractivity contribution in [3.63, 3.8) is 0 Å². The average Bonchev–Trinajstić information content (AvgIpc) is 3.05. The topological polar surface area (TPSA) is 125 Å². The number of nitrogens with zero attached hydrogens (tertiary/aromatic N) is 2. The third-order valence-corrected chi connectivity index (χ3v) is 3.97. The number of carbonyl (C=O) groups excluding carboxylic acids is 1. The van der Waals surface area contributed by atoms with Crippen molar-refractivity contribution in [3.8, 4) is 11.5 Å². The van der Waals surface area contributed by atoms with Crippen LogP contribution in [0.2, 0.25) is 0 Å². The Kier molecular flexibility index (Phi) is 4.04. The highest BCUT2D eigenvalue weighted by Gasteiger charge is 2.13. The van der Waals surface area contributed by atoms with E-state index in [1.165, 1.54) is 0 Å². The number of H-pyrrole nitrogens is 2. The van der Waals surface area contributed by atoms with Crippen LogP contribution in [0.1, 0.15) is 0 Å². The molecule has 0 unspecified atom stereocenters. The van der Waals surface area contributed by atoms with Crippen LogP contribution in [0.5, 0.6) is 11.5 Å². The molecule has 26 heavy (non-hydrogen) atoms. The molecular weight excluding hydrogens is 351 g/mol. The van der Waals surface area contributed by atoms with Gasteiger partial charge in [0.25, 0.3) is 6.03 Å². The maximum absolute atomic E-state index is 11.6. The first kappa shape index (κ1) is 16.1. The van der Waals surface area contributed by atoms with Crippen molar-refractivity contribution in [2.24, 2.45) is 0 Å². The van der Waals surface area contributed by atoms with E-state index in [0.717, 1.165) is 0 Å². The molecule has 0 saturated carbocycles. The summed E-state index contributed by atoms with van der Waals surface area (Å²) in [6, 6.07) is 8.30. The van der Waals surface area contributed by atoms with Crippen LogP contribution in [0.15, 0.2) is 47.5 Å². The van der Waals surface area contributed by atoms with Gasteiger partial charge < -0.3 is 19.3 Å². The van der Waals surface area contributed by atoms with Crippen LogP contribution in [-0.4, -0.2) is 42.5 Å². The molecule has 0 fully saturated rings. The molecule has 0 aliphatic carbocycles. The number of urea groups is 1. The highest BCUT2D eigenvalue weighted by atomic mass is 27.1. The largest absolute Gasteiger partial charge is 0.454 e. The number of anilines is 1. The van der Waals surface area contributed by atoms with E-state index in [0.29, 0.717) is 39.3 Å². The molecule has 0 aliphatic rings. The number of hydrogen-bond donors (Lipinski definition) is 4. The van der Waals surface area contributed by atoms with Gasteiger partial charge in [0.1, 0.15) is 11.3 Å². The molecule has 0 bridgehead atoms. The van der Waals surface area contributed by atoms with Gasteiger partial charge in [0.05, 0.1) is 11.2 Å². The van der Waals surface area contributed by atoms with Gasteiger partial charge in [-0.3, -0.25) is 14.8 Å². The fraction of sp³-hybridized carbons (Fsp3) is 0. The van der Waals surface area contributed by atoms with Gasteiger partial charge in [0.2, 0.25) is 0 Å². The predicted molar refractivity (Wildman–Crippen MR) is 96.4 cm³/mol. The second-order valence-electron chi connectivity index (χ2n) is 5.32. The van der Waals surface area contributed by atoms with E-state index in [2.05, 4.69) is 46.1 Å². The Bertz CT molecular complexity index is 1190. The molecule has 0 saturated heterocycles. The van der Waals surface area contributed by atoms with Crippen LogP contribution in [0.3, 0.4) is 0 Å². The Balaban J connectivity index is 1.81. The van der Waals surface area contributed by atoms with E-state index in [-0.39, 0.29) is 11.7 Å². The summed E-state index contributed by atoms with van der Waals surface area (Å²) < 4.78 is 8.42. The molecule has 0 aliphatic heterocycles. The normalized spacial score (nSPS) is 10.8. The molecule has 0 spiro atoms. The maximum Gasteiger partial charge on any atom is 0.325 e. The highest BCUT2D eigenvalue weighted by Crippen LogP contribution is 2.34. The number of nitrogens with one attached hydrogen (secondary N) is 4. The number of amides is 2. The van der Waals surface area contributed by atoms with E-state index in [4.69, 9.17) is 4.74 Å². The molecule has 2 radical (unpaired) electrons. The van der Waals surface area contributed by atoms with Gasteiger partial charge in [-0.05, 0) is 24.3 Å². The van der Waals surface area contributed by atoms with Gasteiger partial charge in [-0.25, -0.2) is 9.78 Å². The zero-order valence-electron chi connectivity index (χ0n) is 13.2. The van der Waals surface area contributed by atoms with Crippen molar-refractivity contribution >= 4 is 50.3 Å². The van der Waals surface area contributed by atoms with Crippen molar-refractivity contribution in [1.82, 2.24) is 24.2 Å². The van der Waals surface area contributed by atoms with E-state index in [9.17, 15) is 9.59 Å². The van der Waals surface area contributed by atoms with Crippen LogP contribution in [0.4, 0.5) is 10.5 Å². The van der Waals surface area contributed by atoms with E-state index >= 15 is 0 Å². The molecule has 4 N–H and O–H groups in total. The summed E-state index contributed by atoms with van der Waals surface area (Å²) in [5.41, 5.74) is 1.64. The van der Waals surface area contributed by atoms with Gasteiger partial charge in [0.15, 0.2) is 11.4 Å². The lowest BCUT2D eigenvalue weighted by Gasteiger charge is -2.12. The van der Waals surface area contributed by atoms with Gasteiger partial charge in [-0.1, -0.05) is 0 Å². The molecule has 0 atom stereocenters. The van der Waals surface area contributed by atoms with Crippen molar-refractivity contribution < 1.29 is 9.53 Å². The molecule has 4 aromatic rings. The summed E-state index contributed by atoms with van der Waals surface area (Å²) in [4.78, 5) is 36.8. The Labute approximate surface area is 154 Å². The number of fused-ring (bicyclic) bond motifs is 2. The summed E-state index contributed by atoms with van der Waals surface area (Å²) in [5, 5.41) is 3.41. The number of aromatic nitrogens is 4. The van der Waals surface area contributed by atoms with Crippen molar-refractivity contribution in [3.05, 3.63) is 53.2 Å². The first-order chi connectivity index (χ1) is 12.7. The summed E-state index contributed by atoms with van der Waals surface area (Å²) >= 11 is 2.13. The standard InChI is InChI=1S/C16H12N6O3.Al/c17-15(23)20-9-3-4-10(8-2-1-6-18-12(8)9)25-11-5-7-19-14-13(11)21-16(24)22-14;/h1-7H,(H5,17,19,20,21,22,23,24);/q;+1/p-1. The molecule has 10 heteroatoms. The monoisotopic (exact) mass is 362 g/mol. The smallest absolute Gasteiger partial charge is 0.325 e. The molecule has 3 heterocycles. The van der Waals surface area contributed by atoms with E-state index < -0.39 is 0 Å². The summed E-state index contributed by atoms with van der Waals surface area (Å²) in [7, 11) is 0. The summed E-state index contributed by atoms with van der Waals surface area (Å²) in [6.45, 7) is 0. The summed E-state index contributed by atoms with van der Waals surface area (Å²) in [6.07, 6.45) is 3.17.